The Hall–Kier alpha value is -1.26. The van der Waals surface area contributed by atoms with Gasteiger partial charge in [-0.3, -0.25) is 0 Å². The maximum Gasteiger partial charge on any atom is 0.129 e. The topological polar surface area (TPSA) is 12.0 Å². The average Bonchev–Trinajstić information content (AvgIpc) is 2.37. The minimum atomic E-state index is -0.275. The van der Waals surface area contributed by atoms with Gasteiger partial charge < -0.3 is 5.32 Å². The highest BCUT2D eigenvalue weighted by atomic mass is 79.9. The lowest BCUT2D eigenvalue weighted by atomic mass is 10.1. The quantitative estimate of drug-likeness (QED) is 0.867. The predicted octanol–water partition coefficient (Wildman–Crippen LogP) is 4.58. The summed E-state index contributed by atoms with van der Waals surface area (Å²) in [6, 6.07) is 11.3. The Morgan fingerprint density at radius 1 is 1.11 bits per heavy atom. The summed E-state index contributed by atoms with van der Waals surface area (Å²) in [4.78, 5) is 0. The van der Waals surface area contributed by atoms with Crippen molar-refractivity contribution in [2.45, 2.75) is 19.5 Å². The fourth-order valence-corrected chi connectivity index (χ4v) is 2.20. The van der Waals surface area contributed by atoms with Gasteiger partial charge in [0, 0.05) is 28.2 Å². The predicted molar refractivity (Wildman–Crippen MR) is 75.8 cm³/mol. The molecule has 1 N–H and O–H groups in total. The molecule has 0 aromatic heterocycles. The maximum atomic E-state index is 13.8. The molecule has 2 rings (SSSR count). The van der Waals surface area contributed by atoms with Crippen LogP contribution in [0, 0.1) is 11.6 Å². The van der Waals surface area contributed by atoms with Gasteiger partial charge in [0.05, 0.1) is 0 Å². The summed E-state index contributed by atoms with van der Waals surface area (Å²) in [5, 5.41) is 3.12. The van der Waals surface area contributed by atoms with Gasteiger partial charge in [-0.1, -0.05) is 40.2 Å². The molecule has 100 valence electrons. The average molecular weight is 326 g/mol. The van der Waals surface area contributed by atoms with E-state index < -0.39 is 0 Å². The second-order valence-electron chi connectivity index (χ2n) is 4.36. The normalized spacial score (nSPS) is 12.4. The van der Waals surface area contributed by atoms with Crippen LogP contribution < -0.4 is 5.32 Å². The lowest BCUT2D eigenvalue weighted by Crippen LogP contribution is -2.19. The van der Waals surface area contributed by atoms with Gasteiger partial charge in [-0.25, -0.2) is 8.78 Å². The molecule has 1 atom stereocenters. The third-order valence-electron chi connectivity index (χ3n) is 2.99. The minimum absolute atomic E-state index is 0.187. The van der Waals surface area contributed by atoms with Gasteiger partial charge >= 0.3 is 0 Å². The Morgan fingerprint density at radius 2 is 1.84 bits per heavy atom. The van der Waals surface area contributed by atoms with E-state index in [0.29, 0.717) is 22.1 Å². The Balaban J connectivity index is 2.05. The summed E-state index contributed by atoms with van der Waals surface area (Å²) in [5.41, 5.74) is 1.14. The molecule has 0 heterocycles. The van der Waals surface area contributed by atoms with Gasteiger partial charge in [0.25, 0.3) is 0 Å². The second kappa shape index (κ2) is 6.26. The van der Waals surface area contributed by atoms with Crippen molar-refractivity contribution in [1.82, 2.24) is 5.32 Å². The van der Waals surface area contributed by atoms with Crippen molar-refractivity contribution >= 4 is 15.9 Å². The van der Waals surface area contributed by atoms with E-state index in [1.807, 2.05) is 6.92 Å². The second-order valence-corrected chi connectivity index (χ2v) is 5.28. The monoisotopic (exact) mass is 325 g/mol. The number of hydrogen-bond donors (Lipinski definition) is 1. The zero-order valence-electron chi connectivity index (χ0n) is 10.5. The Morgan fingerprint density at radius 3 is 2.53 bits per heavy atom. The van der Waals surface area contributed by atoms with Crippen LogP contribution in [-0.2, 0) is 6.54 Å². The summed E-state index contributed by atoms with van der Waals surface area (Å²) >= 11 is 3.22. The SMILES string of the molecule is CC(NCc1ccccc1F)c1ccc(Br)cc1F. The van der Waals surface area contributed by atoms with Crippen LogP contribution in [0.4, 0.5) is 8.78 Å². The van der Waals surface area contributed by atoms with E-state index >= 15 is 0 Å². The lowest BCUT2D eigenvalue weighted by molar-refractivity contribution is 0.515. The van der Waals surface area contributed by atoms with Gasteiger partial charge in [0.2, 0.25) is 0 Å². The van der Waals surface area contributed by atoms with Crippen LogP contribution in [0.2, 0.25) is 0 Å². The van der Waals surface area contributed by atoms with Crippen LogP contribution in [0.15, 0.2) is 46.9 Å². The van der Waals surface area contributed by atoms with Crippen LogP contribution in [0.1, 0.15) is 24.1 Å². The van der Waals surface area contributed by atoms with E-state index in [9.17, 15) is 8.78 Å². The van der Waals surface area contributed by atoms with Gasteiger partial charge in [0.15, 0.2) is 0 Å². The molecule has 1 nitrogen and oxygen atoms in total. The first-order valence-electron chi connectivity index (χ1n) is 5.99. The first kappa shape index (κ1) is 14.2. The molecular formula is C15H14BrF2N. The molecule has 4 heteroatoms. The summed E-state index contributed by atoms with van der Waals surface area (Å²) in [7, 11) is 0. The zero-order valence-corrected chi connectivity index (χ0v) is 12.0. The fourth-order valence-electron chi connectivity index (χ4n) is 1.87. The van der Waals surface area contributed by atoms with E-state index in [-0.39, 0.29) is 17.7 Å². The van der Waals surface area contributed by atoms with Crippen LogP contribution in [-0.4, -0.2) is 0 Å². The van der Waals surface area contributed by atoms with E-state index in [1.54, 1.807) is 30.3 Å². The third kappa shape index (κ3) is 3.61. The molecule has 0 spiro atoms. The molecular weight excluding hydrogens is 312 g/mol. The molecule has 0 fully saturated rings. The highest BCUT2D eigenvalue weighted by molar-refractivity contribution is 9.10. The van der Waals surface area contributed by atoms with Crippen molar-refractivity contribution in [1.29, 1.82) is 0 Å². The standard InChI is InChI=1S/C15H14BrF2N/c1-10(13-7-6-12(16)8-15(13)18)19-9-11-4-2-3-5-14(11)17/h2-8,10,19H,9H2,1H3. The Bertz CT molecular complexity index is 572. The molecule has 2 aromatic carbocycles. The number of hydrogen-bond acceptors (Lipinski definition) is 1. The summed E-state index contributed by atoms with van der Waals surface area (Å²) in [6.07, 6.45) is 0. The summed E-state index contributed by atoms with van der Waals surface area (Å²) in [6.45, 7) is 2.22. The van der Waals surface area contributed by atoms with Crippen LogP contribution >= 0.6 is 15.9 Å². The van der Waals surface area contributed by atoms with Gasteiger partial charge in [-0.05, 0) is 25.1 Å². The minimum Gasteiger partial charge on any atom is -0.306 e. The number of rotatable bonds is 4. The first-order valence-corrected chi connectivity index (χ1v) is 6.79. The number of nitrogens with one attached hydrogen (secondary N) is 1. The van der Waals surface area contributed by atoms with Crippen molar-refractivity contribution in [3.63, 3.8) is 0 Å². The van der Waals surface area contributed by atoms with Crippen molar-refractivity contribution in [3.05, 3.63) is 69.7 Å². The lowest BCUT2D eigenvalue weighted by Gasteiger charge is -2.15. The van der Waals surface area contributed by atoms with Crippen molar-refractivity contribution < 1.29 is 8.78 Å². The summed E-state index contributed by atoms with van der Waals surface area (Å²) < 4.78 is 27.9. The maximum absolute atomic E-state index is 13.8. The molecule has 1 unspecified atom stereocenters. The van der Waals surface area contributed by atoms with E-state index in [2.05, 4.69) is 21.2 Å². The Labute approximate surface area is 119 Å². The molecule has 2 aromatic rings. The van der Waals surface area contributed by atoms with E-state index in [1.165, 1.54) is 12.1 Å². The van der Waals surface area contributed by atoms with Gasteiger partial charge in [-0.15, -0.1) is 0 Å². The van der Waals surface area contributed by atoms with Crippen molar-refractivity contribution in [3.8, 4) is 0 Å². The van der Waals surface area contributed by atoms with E-state index in [4.69, 9.17) is 0 Å². The molecule has 0 aliphatic rings. The molecule has 0 saturated heterocycles. The zero-order chi connectivity index (χ0) is 13.8. The molecule has 0 radical (unpaired) electrons. The van der Waals surface area contributed by atoms with Gasteiger partial charge in [0.1, 0.15) is 11.6 Å². The largest absolute Gasteiger partial charge is 0.306 e. The van der Waals surface area contributed by atoms with Crippen LogP contribution in [0.3, 0.4) is 0 Å². The fraction of sp³-hybridized carbons (Fsp3) is 0.200. The first-order chi connectivity index (χ1) is 9.08. The number of benzene rings is 2. The molecule has 0 amide bonds. The third-order valence-corrected chi connectivity index (χ3v) is 3.48. The smallest absolute Gasteiger partial charge is 0.129 e. The molecule has 0 saturated carbocycles. The molecule has 0 aliphatic heterocycles. The van der Waals surface area contributed by atoms with Crippen LogP contribution in [0.25, 0.3) is 0 Å². The van der Waals surface area contributed by atoms with Crippen molar-refractivity contribution in [2.24, 2.45) is 0 Å². The van der Waals surface area contributed by atoms with Gasteiger partial charge in [-0.2, -0.15) is 0 Å². The Kier molecular flexibility index (Phi) is 4.66. The molecule has 0 bridgehead atoms. The highest BCUT2D eigenvalue weighted by Crippen LogP contribution is 2.21. The highest BCUT2D eigenvalue weighted by Gasteiger charge is 2.11. The molecule has 19 heavy (non-hydrogen) atoms. The number of halogens is 3. The van der Waals surface area contributed by atoms with Crippen molar-refractivity contribution in [2.75, 3.05) is 0 Å². The van der Waals surface area contributed by atoms with E-state index in [0.717, 1.165) is 0 Å². The summed E-state index contributed by atoms with van der Waals surface area (Å²) in [5.74, 6) is -0.526. The van der Waals surface area contributed by atoms with Crippen LogP contribution in [0.5, 0.6) is 0 Å². The molecule has 0 aliphatic carbocycles.